The van der Waals surface area contributed by atoms with Gasteiger partial charge in [-0.25, -0.2) is 33.0 Å². The number of methoxy groups -OCH3 is 2. The Hall–Kier alpha value is -3.54. The van der Waals surface area contributed by atoms with Gasteiger partial charge < -0.3 is 18.9 Å². The van der Waals surface area contributed by atoms with Gasteiger partial charge in [0, 0.05) is 25.5 Å². The molecule has 35 heavy (non-hydrogen) atoms. The molecule has 0 bridgehead atoms. The lowest BCUT2D eigenvalue weighted by atomic mass is 10.00. The molecule has 4 rings (SSSR count). The maximum absolute atomic E-state index is 12.5. The van der Waals surface area contributed by atoms with Crippen LogP contribution < -0.4 is 4.90 Å². The van der Waals surface area contributed by atoms with Crippen LogP contribution in [0.4, 0.5) is 5.95 Å². The van der Waals surface area contributed by atoms with Crippen LogP contribution in [0.15, 0.2) is 23.2 Å². The molecule has 1 aromatic carbocycles. The molecule has 11 nitrogen and oxygen atoms in total. The molecule has 2 aromatic heterocycles. The number of esters is 2. The van der Waals surface area contributed by atoms with E-state index in [2.05, 4.69) is 9.97 Å². The SMILES string of the molecule is COC(=O)c1cc2nc3n(c2cc1S(C)(=O)=O)CCN(c1ncc(C(=O)OC)c(C)n1)C3C(C)C. The number of sulfone groups is 1. The third-order valence-electron chi connectivity index (χ3n) is 6.11. The zero-order chi connectivity index (χ0) is 25.7. The first-order valence-corrected chi connectivity index (χ1v) is 12.9. The Morgan fingerprint density at radius 3 is 2.29 bits per heavy atom. The predicted octanol–water partition coefficient (Wildman–Crippen LogP) is 2.33. The van der Waals surface area contributed by atoms with E-state index < -0.39 is 21.8 Å². The lowest BCUT2D eigenvalue weighted by molar-refractivity contribution is 0.0588. The average molecular weight is 502 g/mol. The minimum atomic E-state index is -3.70. The molecule has 186 valence electrons. The van der Waals surface area contributed by atoms with Crippen LogP contribution in [-0.4, -0.2) is 66.9 Å². The fraction of sp³-hybridized carbons (Fsp3) is 0.435. The average Bonchev–Trinajstić information content (AvgIpc) is 3.18. The molecule has 0 saturated heterocycles. The van der Waals surface area contributed by atoms with Gasteiger partial charge in [-0.15, -0.1) is 0 Å². The third-order valence-corrected chi connectivity index (χ3v) is 7.25. The van der Waals surface area contributed by atoms with Crippen LogP contribution in [0, 0.1) is 12.8 Å². The summed E-state index contributed by atoms with van der Waals surface area (Å²) < 4.78 is 36.5. The molecule has 0 aliphatic carbocycles. The maximum atomic E-state index is 12.5. The Kier molecular flexibility index (Phi) is 6.26. The number of hydrogen-bond donors (Lipinski definition) is 0. The number of benzene rings is 1. The molecule has 0 N–H and O–H groups in total. The van der Waals surface area contributed by atoms with Crippen LogP contribution in [0.25, 0.3) is 11.0 Å². The molecule has 0 spiro atoms. The zero-order valence-corrected chi connectivity index (χ0v) is 21.2. The third kappa shape index (κ3) is 4.22. The number of carbonyl (C=O) groups excluding carboxylic acids is 2. The van der Waals surface area contributed by atoms with E-state index in [1.54, 1.807) is 6.92 Å². The lowest BCUT2D eigenvalue weighted by Gasteiger charge is -2.38. The maximum Gasteiger partial charge on any atom is 0.341 e. The second kappa shape index (κ2) is 8.91. The molecule has 12 heteroatoms. The largest absolute Gasteiger partial charge is 0.465 e. The molecule has 0 radical (unpaired) electrons. The van der Waals surface area contributed by atoms with Gasteiger partial charge in [0.2, 0.25) is 5.95 Å². The highest BCUT2D eigenvalue weighted by Gasteiger charge is 2.35. The first-order valence-electron chi connectivity index (χ1n) is 11.0. The van der Waals surface area contributed by atoms with E-state index in [9.17, 15) is 18.0 Å². The highest BCUT2D eigenvalue weighted by molar-refractivity contribution is 7.90. The van der Waals surface area contributed by atoms with Crippen molar-refractivity contribution in [1.82, 2.24) is 19.5 Å². The number of aromatic nitrogens is 4. The number of rotatable bonds is 5. The summed E-state index contributed by atoms with van der Waals surface area (Å²) in [5.74, 6) is 0.0117. The van der Waals surface area contributed by atoms with Gasteiger partial charge in [-0.1, -0.05) is 13.8 Å². The van der Waals surface area contributed by atoms with Crippen molar-refractivity contribution in [2.45, 2.75) is 38.3 Å². The highest BCUT2D eigenvalue weighted by Crippen LogP contribution is 2.37. The van der Waals surface area contributed by atoms with E-state index in [1.165, 1.54) is 32.5 Å². The number of hydrogen-bond acceptors (Lipinski definition) is 10. The number of carbonyl (C=O) groups is 2. The molecule has 1 atom stereocenters. The van der Waals surface area contributed by atoms with Gasteiger partial charge in [-0.3, -0.25) is 0 Å². The smallest absolute Gasteiger partial charge is 0.341 e. The summed E-state index contributed by atoms with van der Waals surface area (Å²) in [7, 11) is -1.19. The zero-order valence-electron chi connectivity index (χ0n) is 20.4. The van der Waals surface area contributed by atoms with E-state index in [4.69, 9.17) is 14.5 Å². The molecule has 3 aromatic rings. The minimum absolute atomic E-state index is 0.0479. The van der Waals surface area contributed by atoms with Gasteiger partial charge in [0.25, 0.3) is 0 Å². The quantitative estimate of drug-likeness (QED) is 0.480. The number of fused-ring (bicyclic) bond motifs is 3. The summed E-state index contributed by atoms with van der Waals surface area (Å²) in [5.41, 5.74) is 1.87. The van der Waals surface area contributed by atoms with Crippen molar-refractivity contribution >= 4 is 38.8 Å². The number of anilines is 1. The van der Waals surface area contributed by atoms with E-state index in [1.807, 2.05) is 23.3 Å². The van der Waals surface area contributed by atoms with Crippen molar-refractivity contribution in [3.63, 3.8) is 0 Å². The molecule has 1 aliphatic heterocycles. The number of ether oxygens (including phenoxy) is 2. The Balaban J connectivity index is 1.86. The van der Waals surface area contributed by atoms with Crippen molar-refractivity contribution in [1.29, 1.82) is 0 Å². The summed E-state index contributed by atoms with van der Waals surface area (Å²) >= 11 is 0. The summed E-state index contributed by atoms with van der Waals surface area (Å²) in [5, 5.41) is 0. The summed E-state index contributed by atoms with van der Waals surface area (Å²) in [6, 6.07) is 2.73. The fourth-order valence-electron chi connectivity index (χ4n) is 4.48. The van der Waals surface area contributed by atoms with Crippen LogP contribution in [0.3, 0.4) is 0 Å². The van der Waals surface area contributed by atoms with E-state index in [-0.39, 0.29) is 22.4 Å². The van der Waals surface area contributed by atoms with Crippen LogP contribution in [0.2, 0.25) is 0 Å². The first-order chi connectivity index (χ1) is 16.5. The van der Waals surface area contributed by atoms with Crippen LogP contribution in [0.1, 0.15) is 52.1 Å². The van der Waals surface area contributed by atoms with Crippen LogP contribution in [0.5, 0.6) is 0 Å². The predicted molar refractivity (Wildman–Crippen MR) is 127 cm³/mol. The van der Waals surface area contributed by atoms with E-state index in [0.717, 1.165) is 6.26 Å². The standard InChI is InChI=1S/C23H27N5O6S/c1-12(2)19-20-26-16-9-14(21(29)33-4)18(35(6,31)32)10-17(16)27(20)7-8-28(19)23-24-11-15(13(3)25-23)22(30)34-5/h9-12,19H,7-8H2,1-6H3. The molecule has 0 fully saturated rings. The highest BCUT2D eigenvalue weighted by atomic mass is 32.2. The molecule has 0 amide bonds. The second-order valence-electron chi connectivity index (χ2n) is 8.77. The molecular formula is C23H27N5O6S. The van der Waals surface area contributed by atoms with Crippen molar-refractivity contribution in [2.24, 2.45) is 5.92 Å². The number of nitrogens with zero attached hydrogens (tertiary/aromatic N) is 5. The van der Waals surface area contributed by atoms with Gasteiger partial charge >= 0.3 is 11.9 Å². The van der Waals surface area contributed by atoms with Gasteiger partial charge in [0.05, 0.1) is 53.0 Å². The van der Waals surface area contributed by atoms with Gasteiger partial charge in [0.1, 0.15) is 5.82 Å². The molecule has 0 saturated carbocycles. The Morgan fingerprint density at radius 2 is 1.71 bits per heavy atom. The number of aryl methyl sites for hydroxylation is 1. The lowest BCUT2D eigenvalue weighted by Crippen LogP contribution is -2.42. The van der Waals surface area contributed by atoms with E-state index >= 15 is 0 Å². The minimum Gasteiger partial charge on any atom is -0.465 e. The molecule has 1 aliphatic rings. The Bertz CT molecular complexity index is 1450. The van der Waals surface area contributed by atoms with Crippen molar-refractivity contribution < 1.29 is 27.5 Å². The van der Waals surface area contributed by atoms with Crippen LogP contribution in [-0.2, 0) is 25.9 Å². The monoisotopic (exact) mass is 501 g/mol. The van der Waals surface area contributed by atoms with Gasteiger partial charge in [0.15, 0.2) is 9.84 Å². The van der Waals surface area contributed by atoms with Gasteiger partial charge in [-0.2, -0.15) is 0 Å². The van der Waals surface area contributed by atoms with Gasteiger partial charge in [-0.05, 0) is 25.0 Å². The van der Waals surface area contributed by atoms with Crippen LogP contribution >= 0.6 is 0 Å². The summed E-state index contributed by atoms with van der Waals surface area (Å²) in [6.45, 7) is 6.85. The Morgan fingerprint density at radius 1 is 1.06 bits per heavy atom. The summed E-state index contributed by atoms with van der Waals surface area (Å²) in [6.07, 6.45) is 2.52. The molecular weight excluding hydrogens is 474 g/mol. The van der Waals surface area contributed by atoms with Crippen molar-refractivity contribution in [2.75, 3.05) is 31.9 Å². The van der Waals surface area contributed by atoms with Crippen molar-refractivity contribution in [3.8, 4) is 0 Å². The van der Waals surface area contributed by atoms with E-state index in [0.29, 0.717) is 47.2 Å². The molecule has 1 unspecified atom stereocenters. The normalized spacial score (nSPS) is 15.9. The Labute approximate surface area is 203 Å². The fourth-order valence-corrected chi connectivity index (χ4v) is 5.35. The first kappa shape index (κ1) is 24.6. The summed E-state index contributed by atoms with van der Waals surface area (Å²) in [4.78, 5) is 40.0. The molecule has 3 heterocycles. The topological polar surface area (TPSA) is 134 Å². The number of imidazole rings is 1. The second-order valence-corrected chi connectivity index (χ2v) is 10.7. The van der Waals surface area contributed by atoms with Crippen molar-refractivity contribution in [3.05, 3.63) is 41.0 Å².